The van der Waals surface area contributed by atoms with Gasteiger partial charge in [0.25, 0.3) is 0 Å². The molecule has 0 aliphatic heterocycles. The summed E-state index contributed by atoms with van der Waals surface area (Å²) in [6, 6.07) is 1.31. The highest BCUT2D eigenvalue weighted by Gasteiger charge is 2.15. The van der Waals surface area contributed by atoms with Gasteiger partial charge in [-0.1, -0.05) is 6.07 Å². The van der Waals surface area contributed by atoms with Crippen molar-refractivity contribution in [1.82, 2.24) is 5.32 Å². The molecule has 7 heteroatoms. The van der Waals surface area contributed by atoms with Crippen molar-refractivity contribution in [1.29, 1.82) is 0 Å². The Kier molecular flexibility index (Phi) is 6.08. The highest BCUT2D eigenvalue weighted by atomic mass is 19.1. The molecule has 1 aromatic carbocycles. The zero-order chi connectivity index (χ0) is 16.0. The molecule has 1 rings (SSSR count). The second kappa shape index (κ2) is 7.56. The van der Waals surface area contributed by atoms with Crippen LogP contribution in [0.15, 0.2) is 12.1 Å². The van der Waals surface area contributed by atoms with Crippen LogP contribution in [-0.4, -0.2) is 23.1 Å². The van der Waals surface area contributed by atoms with Crippen LogP contribution in [0.3, 0.4) is 0 Å². The number of aryl methyl sites for hydroxylation is 1. The van der Waals surface area contributed by atoms with E-state index in [0.29, 0.717) is 12.8 Å². The van der Waals surface area contributed by atoms with Crippen LogP contribution >= 0.6 is 0 Å². The van der Waals surface area contributed by atoms with Crippen molar-refractivity contribution in [3.05, 3.63) is 29.3 Å². The van der Waals surface area contributed by atoms with Crippen LogP contribution in [0.2, 0.25) is 0 Å². The molecule has 0 saturated heterocycles. The Labute approximate surface area is 121 Å². The number of nitrogens with one attached hydrogen (secondary N) is 2. The van der Waals surface area contributed by atoms with E-state index >= 15 is 0 Å². The summed E-state index contributed by atoms with van der Waals surface area (Å²) in [5.41, 5.74) is -0.272. The molecule has 0 bridgehead atoms. The van der Waals surface area contributed by atoms with Crippen LogP contribution in [0.25, 0.3) is 0 Å². The fraction of sp³-hybridized carbons (Fsp3) is 0.429. The molecule has 0 heterocycles. The van der Waals surface area contributed by atoms with Gasteiger partial charge in [-0.25, -0.2) is 13.6 Å². The van der Waals surface area contributed by atoms with Crippen molar-refractivity contribution in [2.45, 2.75) is 39.2 Å². The molecule has 0 radical (unpaired) electrons. The number of carboxylic acids is 1. The van der Waals surface area contributed by atoms with Gasteiger partial charge in [-0.3, -0.25) is 4.79 Å². The minimum atomic E-state index is -0.907. The number of carbonyl (C=O) groups excluding carboxylic acids is 1. The molecule has 0 spiro atoms. The zero-order valence-electron chi connectivity index (χ0n) is 11.9. The Hall–Kier alpha value is -2.18. The molecule has 1 unspecified atom stereocenters. The second-order valence-electron chi connectivity index (χ2n) is 4.84. The first-order valence-electron chi connectivity index (χ1n) is 6.55. The molecule has 2 amide bonds. The van der Waals surface area contributed by atoms with E-state index < -0.39 is 29.3 Å². The molecule has 5 nitrogen and oxygen atoms in total. The van der Waals surface area contributed by atoms with Crippen LogP contribution in [0.5, 0.6) is 0 Å². The summed E-state index contributed by atoms with van der Waals surface area (Å²) in [6.07, 6.45) is 0.872. The maximum absolute atomic E-state index is 13.7. The first-order chi connectivity index (χ1) is 9.81. The largest absolute Gasteiger partial charge is 0.481 e. The summed E-state index contributed by atoms with van der Waals surface area (Å²) >= 11 is 0. The third-order valence-electron chi connectivity index (χ3n) is 2.93. The molecule has 21 heavy (non-hydrogen) atoms. The number of rotatable bonds is 6. The van der Waals surface area contributed by atoms with Crippen LogP contribution in [-0.2, 0) is 4.79 Å². The minimum Gasteiger partial charge on any atom is -0.481 e. The second-order valence-corrected chi connectivity index (χ2v) is 4.84. The van der Waals surface area contributed by atoms with Crippen LogP contribution in [0.4, 0.5) is 19.3 Å². The average Bonchev–Trinajstić information content (AvgIpc) is 2.38. The lowest BCUT2D eigenvalue weighted by atomic mass is 10.1. The molecule has 0 fully saturated rings. The Morgan fingerprint density at radius 3 is 2.62 bits per heavy atom. The van der Waals surface area contributed by atoms with Crippen LogP contribution in [0.1, 0.15) is 31.7 Å². The van der Waals surface area contributed by atoms with E-state index in [1.54, 1.807) is 6.92 Å². The zero-order valence-corrected chi connectivity index (χ0v) is 11.9. The summed E-state index contributed by atoms with van der Waals surface area (Å²) in [5, 5.41) is 13.1. The molecular weight excluding hydrogens is 282 g/mol. The molecule has 1 aromatic rings. The number of anilines is 1. The van der Waals surface area contributed by atoms with Crippen molar-refractivity contribution in [3.8, 4) is 0 Å². The monoisotopic (exact) mass is 300 g/mol. The highest BCUT2D eigenvalue weighted by Crippen LogP contribution is 2.21. The normalized spacial score (nSPS) is 11.8. The summed E-state index contributed by atoms with van der Waals surface area (Å²) in [6.45, 7) is 3.15. The SMILES string of the molecule is Cc1ccc(F)c(NC(=O)NC(C)CCCC(=O)O)c1F. The summed E-state index contributed by atoms with van der Waals surface area (Å²) in [7, 11) is 0. The molecule has 1 atom stereocenters. The predicted octanol–water partition coefficient (Wildman–Crippen LogP) is 3.04. The van der Waals surface area contributed by atoms with Gasteiger partial charge in [0, 0.05) is 12.5 Å². The number of carbonyl (C=O) groups is 2. The van der Waals surface area contributed by atoms with Gasteiger partial charge in [-0.15, -0.1) is 0 Å². The van der Waals surface area contributed by atoms with Crippen molar-refractivity contribution in [2.75, 3.05) is 5.32 Å². The molecule has 116 valence electrons. The summed E-state index contributed by atoms with van der Waals surface area (Å²) in [5.74, 6) is -2.58. The van der Waals surface area contributed by atoms with Gasteiger partial charge < -0.3 is 15.7 Å². The summed E-state index contributed by atoms with van der Waals surface area (Å²) < 4.78 is 27.2. The Bertz CT molecular complexity index is 535. The minimum absolute atomic E-state index is 0.00871. The van der Waals surface area contributed by atoms with E-state index in [2.05, 4.69) is 10.6 Å². The molecular formula is C14H18F2N2O3. The number of urea groups is 1. The van der Waals surface area contributed by atoms with E-state index in [9.17, 15) is 18.4 Å². The summed E-state index contributed by atoms with van der Waals surface area (Å²) in [4.78, 5) is 22.0. The molecule has 0 aliphatic rings. The number of benzene rings is 1. The number of carboxylic acid groups (broad SMARTS) is 1. The fourth-order valence-electron chi connectivity index (χ4n) is 1.78. The topological polar surface area (TPSA) is 78.4 Å². The van der Waals surface area contributed by atoms with Gasteiger partial charge in [0.05, 0.1) is 0 Å². The van der Waals surface area contributed by atoms with Gasteiger partial charge in [0.15, 0.2) is 5.82 Å². The number of halogens is 2. The van der Waals surface area contributed by atoms with Crippen molar-refractivity contribution in [3.63, 3.8) is 0 Å². The lowest BCUT2D eigenvalue weighted by molar-refractivity contribution is -0.137. The van der Waals surface area contributed by atoms with E-state index in [1.807, 2.05) is 0 Å². The maximum atomic E-state index is 13.7. The van der Waals surface area contributed by atoms with E-state index in [4.69, 9.17) is 5.11 Å². The smallest absolute Gasteiger partial charge is 0.319 e. The van der Waals surface area contributed by atoms with Gasteiger partial charge in [-0.2, -0.15) is 0 Å². The van der Waals surface area contributed by atoms with Crippen molar-refractivity contribution in [2.24, 2.45) is 0 Å². The average molecular weight is 300 g/mol. The van der Waals surface area contributed by atoms with Crippen molar-refractivity contribution < 1.29 is 23.5 Å². The lowest BCUT2D eigenvalue weighted by Crippen LogP contribution is -2.36. The maximum Gasteiger partial charge on any atom is 0.319 e. The van der Waals surface area contributed by atoms with Gasteiger partial charge in [-0.05, 0) is 38.3 Å². The number of aliphatic carboxylic acids is 1. The molecule has 0 aliphatic carbocycles. The first kappa shape index (κ1) is 16.9. The van der Waals surface area contributed by atoms with Crippen LogP contribution < -0.4 is 10.6 Å². The Balaban J connectivity index is 2.54. The predicted molar refractivity (Wildman–Crippen MR) is 74.2 cm³/mol. The number of amides is 2. The Morgan fingerprint density at radius 2 is 2.00 bits per heavy atom. The first-order valence-corrected chi connectivity index (χ1v) is 6.55. The van der Waals surface area contributed by atoms with Gasteiger partial charge in [0.1, 0.15) is 11.5 Å². The number of hydrogen-bond donors (Lipinski definition) is 3. The van der Waals surface area contributed by atoms with Crippen LogP contribution in [0, 0.1) is 18.6 Å². The van der Waals surface area contributed by atoms with Gasteiger partial charge in [0.2, 0.25) is 0 Å². The Morgan fingerprint density at radius 1 is 1.33 bits per heavy atom. The molecule has 3 N–H and O–H groups in total. The van der Waals surface area contributed by atoms with E-state index in [-0.39, 0.29) is 18.0 Å². The third-order valence-corrected chi connectivity index (χ3v) is 2.93. The highest BCUT2D eigenvalue weighted by molar-refractivity contribution is 5.89. The standard InChI is InChI=1S/C14H18F2N2O3/c1-8-6-7-10(15)13(12(8)16)18-14(21)17-9(2)4-3-5-11(19)20/h6-7,9H,3-5H2,1-2H3,(H,19,20)(H2,17,18,21). The molecule has 0 saturated carbocycles. The van der Waals surface area contributed by atoms with Crippen molar-refractivity contribution >= 4 is 17.7 Å². The third kappa shape index (κ3) is 5.37. The molecule has 0 aromatic heterocycles. The van der Waals surface area contributed by atoms with E-state index in [0.717, 1.165) is 6.07 Å². The number of hydrogen-bond acceptors (Lipinski definition) is 2. The van der Waals surface area contributed by atoms with E-state index in [1.165, 1.54) is 13.0 Å². The van der Waals surface area contributed by atoms with Gasteiger partial charge >= 0.3 is 12.0 Å². The quantitative estimate of drug-likeness (QED) is 0.755. The lowest BCUT2D eigenvalue weighted by Gasteiger charge is -2.15. The fourth-order valence-corrected chi connectivity index (χ4v) is 1.78.